The average molecular weight is 208 g/mol. The molecule has 1 rings (SSSR count). The van der Waals surface area contributed by atoms with Gasteiger partial charge in [-0.05, 0) is 18.8 Å². The van der Waals surface area contributed by atoms with E-state index >= 15 is 0 Å². The zero-order chi connectivity index (χ0) is 10.8. The van der Waals surface area contributed by atoms with Crippen LogP contribution in [-0.4, -0.2) is 30.2 Å². The monoisotopic (exact) mass is 208 g/mol. The summed E-state index contributed by atoms with van der Waals surface area (Å²) >= 11 is 0. The van der Waals surface area contributed by atoms with Crippen LogP contribution in [0.2, 0.25) is 0 Å². The number of carbonyl (C=O) groups is 1. The van der Waals surface area contributed by atoms with E-state index in [0.717, 1.165) is 0 Å². The summed E-state index contributed by atoms with van der Waals surface area (Å²) in [6, 6.07) is 0. The van der Waals surface area contributed by atoms with E-state index in [1.165, 1.54) is 7.11 Å². The lowest BCUT2D eigenvalue weighted by Crippen LogP contribution is -2.36. The molecule has 1 fully saturated rings. The number of esters is 1. The Balaban J connectivity index is 2.45. The zero-order valence-electron chi connectivity index (χ0n) is 8.00. The molecule has 5 heteroatoms. The van der Waals surface area contributed by atoms with E-state index in [1.54, 1.807) is 0 Å². The van der Waals surface area contributed by atoms with E-state index < -0.39 is 18.0 Å². The first kappa shape index (κ1) is 11.4. The van der Waals surface area contributed by atoms with Crippen LogP contribution in [0.5, 0.6) is 0 Å². The molecule has 0 aromatic rings. The summed E-state index contributed by atoms with van der Waals surface area (Å²) in [6.07, 6.45) is -1.43. The smallest absolute Gasteiger partial charge is 0.334 e. The maximum atomic E-state index is 12.7. The van der Waals surface area contributed by atoms with Gasteiger partial charge in [0.05, 0.1) is 7.11 Å². The maximum Gasteiger partial charge on any atom is 0.334 e. The van der Waals surface area contributed by atoms with Crippen LogP contribution >= 0.6 is 0 Å². The Labute approximate surface area is 81.1 Å². The second-order valence-electron chi connectivity index (χ2n) is 3.66. The third-order valence-corrected chi connectivity index (χ3v) is 2.65. The van der Waals surface area contributed by atoms with Gasteiger partial charge in [-0.3, -0.25) is 0 Å². The van der Waals surface area contributed by atoms with Crippen LogP contribution in [0.25, 0.3) is 0 Å². The molecule has 0 heterocycles. The molecular weight excluding hydrogens is 194 g/mol. The molecule has 0 aliphatic heterocycles. The highest BCUT2D eigenvalue weighted by molar-refractivity contribution is 5.74. The Bertz CT molecular complexity index is 208. The normalized spacial score (nSPS) is 24.3. The Morgan fingerprint density at radius 1 is 1.50 bits per heavy atom. The van der Waals surface area contributed by atoms with Crippen molar-refractivity contribution in [3.05, 3.63) is 0 Å². The SMILES string of the molecule is COC(=O)C(O)C1CCC(F)(F)CC1. The minimum atomic E-state index is -2.63. The fourth-order valence-electron chi connectivity index (χ4n) is 1.69. The fraction of sp³-hybridized carbons (Fsp3) is 0.889. The van der Waals surface area contributed by atoms with Crippen molar-refractivity contribution in [1.29, 1.82) is 0 Å². The molecule has 0 bridgehead atoms. The summed E-state index contributed by atoms with van der Waals surface area (Å²) in [4.78, 5) is 10.9. The van der Waals surface area contributed by atoms with Crippen LogP contribution < -0.4 is 0 Å². The van der Waals surface area contributed by atoms with Crippen LogP contribution in [0.4, 0.5) is 8.78 Å². The highest BCUT2D eigenvalue weighted by Crippen LogP contribution is 2.37. The number of ether oxygens (including phenoxy) is 1. The second kappa shape index (κ2) is 4.21. The minimum absolute atomic E-state index is 0.170. The molecule has 0 radical (unpaired) electrons. The van der Waals surface area contributed by atoms with E-state index in [4.69, 9.17) is 0 Å². The van der Waals surface area contributed by atoms with Crippen LogP contribution in [0.1, 0.15) is 25.7 Å². The lowest BCUT2D eigenvalue weighted by atomic mass is 9.83. The number of aliphatic hydroxyl groups is 1. The first-order valence-corrected chi connectivity index (χ1v) is 4.60. The molecule has 1 aliphatic rings. The van der Waals surface area contributed by atoms with Gasteiger partial charge >= 0.3 is 5.97 Å². The van der Waals surface area contributed by atoms with Gasteiger partial charge in [-0.15, -0.1) is 0 Å². The van der Waals surface area contributed by atoms with E-state index in [9.17, 15) is 18.7 Å². The van der Waals surface area contributed by atoms with Crippen LogP contribution in [0.15, 0.2) is 0 Å². The largest absolute Gasteiger partial charge is 0.467 e. The van der Waals surface area contributed by atoms with Gasteiger partial charge in [-0.2, -0.15) is 0 Å². The minimum Gasteiger partial charge on any atom is -0.467 e. The average Bonchev–Trinajstić information content (AvgIpc) is 2.15. The van der Waals surface area contributed by atoms with Gasteiger partial charge in [0.15, 0.2) is 6.10 Å². The number of methoxy groups -OCH3 is 1. The molecule has 0 spiro atoms. The first-order valence-electron chi connectivity index (χ1n) is 4.60. The van der Waals surface area contributed by atoms with Crippen molar-refractivity contribution in [3.63, 3.8) is 0 Å². The molecule has 0 saturated heterocycles. The van der Waals surface area contributed by atoms with Crippen molar-refractivity contribution < 1.29 is 23.4 Å². The van der Waals surface area contributed by atoms with Crippen molar-refractivity contribution in [1.82, 2.24) is 0 Å². The third kappa shape index (κ3) is 2.64. The quantitative estimate of drug-likeness (QED) is 0.697. The molecule has 14 heavy (non-hydrogen) atoms. The van der Waals surface area contributed by atoms with Crippen LogP contribution in [0, 0.1) is 5.92 Å². The summed E-state index contributed by atoms with van der Waals surface area (Å²) < 4.78 is 29.8. The molecule has 1 unspecified atom stereocenters. The molecule has 1 saturated carbocycles. The van der Waals surface area contributed by atoms with E-state index in [2.05, 4.69) is 4.74 Å². The predicted octanol–water partition coefficient (Wildman–Crippen LogP) is 1.35. The summed E-state index contributed by atoms with van der Waals surface area (Å²) in [7, 11) is 1.17. The van der Waals surface area contributed by atoms with Gasteiger partial charge < -0.3 is 9.84 Å². The van der Waals surface area contributed by atoms with Gasteiger partial charge in [0.1, 0.15) is 0 Å². The molecular formula is C9H14F2O3. The van der Waals surface area contributed by atoms with E-state index in [0.29, 0.717) is 0 Å². The van der Waals surface area contributed by atoms with E-state index in [1.807, 2.05) is 0 Å². The van der Waals surface area contributed by atoms with Crippen molar-refractivity contribution in [2.75, 3.05) is 7.11 Å². The standard InChI is InChI=1S/C9H14F2O3/c1-14-8(13)7(12)6-2-4-9(10,11)5-3-6/h6-7,12H,2-5H2,1H3. The van der Waals surface area contributed by atoms with Gasteiger partial charge in [0, 0.05) is 12.8 Å². The molecule has 82 valence electrons. The molecule has 1 atom stereocenters. The zero-order valence-corrected chi connectivity index (χ0v) is 8.00. The number of aliphatic hydroxyl groups excluding tert-OH is 1. The lowest BCUT2D eigenvalue weighted by molar-refractivity contribution is -0.156. The van der Waals surface area contributed by atoms with Gasteiger partial charge in [0.25, 0.3) is 0 Å². The molecule has 0 amide bonds. The van der Waals surface area contributed by atoms with Crippen LogP contribution in [0.3, 0.4) is 0 Å². The van der Waals surface area contributed by atoms with Crippen LogP contribution in [-0.2, 0) is 9.53 Å². The topological polar surface area (TPSA) is 46.5 Å². The van der Waals surface area contributed by atoms with Gasteiger partial charge in [-0.1, -0.05) is 0 Å². The summed E-state index contributed by atoms with van der Waals surface area (Å²) in [5, 5.41) is 9.39. The number of rotatable bonds is 2. The molecule has 1 N–H and O–H groups in total. The fourth-order valence-corrected chi connectivity index (χ4v) is 1.69. The number of carbonyl (C=O) groups excluding carboxylic acids is 1. The van der Waals surface area contributed by atoms with E-state index in [-0.39, 0.29) is 31.6 Å². The summed E-state index contributed by atoms with van der Waals surface area (Å²) in [5.74, 6) is -3.76. The second-order valence-corrected chi connectivity index (χ2v) is 3.66. The maximum absolute atomic E-state index is 12.7. The van der Waals surface area contributed by atoms with Gasteiger partial charge in [-0.25, -0.2) is 13.6 Å². The molecule has 0 aromatic heterocycles. The number of hydrogen-bond donors (Lipinski definition) is 1. The highest BCUT2D eigenvalue weighted by atomic mass is 19.3. The van der Waals surface area contributed by atoms with Gasteiger partial charge in [0.2, 0.25) is 5.92 Å². The number of halogens is 2. The lowest BCUT2D eigenvalue weighted by Gasteiger charge is -2.29. The first-order chi connectivity index (χ1) is 6.46. The number of alkyl halides is 2. The Morgan fingerprint density at radius 3 is 2.43 bits per heavy atom. The van der Waals surface area contributed by atoms with Crippen molar-refractivity contribution in [2.24, 2.45) is 5.92 Å². The highest BCUT2D eigenvalue weighted by Gasteiger charge is 2.39. The predicted molar refractivity (Wildman–Crippen MR) is 44.9 cm³/mol. The van der Waals surface area contributed by atoms with Crippen molar-refractivity contribution in [3.8, 4) is 0 Å². The Morgan fingerprint density at radius 2 is 2.00 bits per heavy atom. The van der Waals surface area contributed by atoms with Crippen molar-refractivity contribution >= 4 is 5.97 Å². The molecule has 0 aromatic carbocycles. The summed E-state index contributed by atoms with van der Waals surface area (Å²) in [5.41, 5.74) is 0. The Hall–Kier alpha value is -0.710. The van der Waals surface area contributed by atoms with Crippen molar-refractivity contribution in [2.45, 2.75) is 37.7 Å². The number of hydrogen-bond acceptors (Lipinski definition) is 3. The summed E-state index contributed by atoms with van der Waals surface area (Å²) in [6.45, 7) is 0. The molecule has 1 aliphatic carbocycles. The Kier molecular flexibility index (Phi) is 3.42. The molecule has 3 nitrogen and oxygen atoms in total. The third-order valence-electron chi connectivity index (χ3n) is 2.65.